The first-order valence-electron chi connectivity index (χ1n) is 5.55. The molecule has 0 aromatic rings. The van der Waals surface area contributed by atoms with E-state index in [1.54, 1.807) is 0 Å². The average Bonchev–Trinajstić information content (AvgIpc) is 2.48. The van der Waals surface area contributed by atoms with Gasteiger partial charge in [0.1, 0.15) is 0 Å². The molecule has 1 fully saturated rings. The molecule has 4 N–H and O–H groups in total. The lowest BCUT2D eigenvalue weighted by Crippen LogP contribution is -2.46. The smallest absolute Gasteiger partial charge is 0.321 e. The molecule has 3 amide bonds. The van der Waals surface area contributed by atoms with Crippen molar-refractivity contribution >= 4 is 11.9 Å². The second kappa shape index (κ2) is 5.81. The Hall–Kier alpha value is -1.14. The number of amides is 3. The fourth-order valence-electron chi connectivity index (χ4n) is 1.67. The van der Waals surface area contributed by atoms with Crippen LogP contribution in [0.2, 0.25) is 0 Å². The van der Waals surface area contributed by atoms with Gasteiger partial charge in [0, 0.05) is 25.2 Å². The molecular formula is C10H20N4O2. The van der Waals surface area contributed by atoms with Gasteiger partial charge in [0.25, 0.3) is 0 Å². The van der Waals surface area contributed by atoms with Gasteiger partial charge in [-0.05, 0) is 20.3 Å². The molecular weight excluding hydrogens is 208 g/mol. The number of nitrogens with zero attached hydrogens (tertiary/aromatic N) is 1. The molecule has 0 bridgehead atoms. The van der Waals surface area contributed by atoms with Crippen molar-refractivity contribution in [1.29, 1.82) is 0 Å². The summed E-state index contributed by atoms with van der Waals surface area (Å²) in [6.45, 7) is 5.45. The lowest BCUT2D eigenvalue weighted by Gasteiger charge is -2.15. The van der Waals surface area contributed by atoms with Crippen LogP contribution in [0.4, 0.5) is 4.79 Å². The van der Waals surface area contributed by atoms with E-state index < -0.39 is 6.03 Å². The van der Waals surface area contributed by atoms with Gasteiger partial charge in [-0.2, -0.15) is 0 Å². The predicted octanol–water partition coefficient (Wildman–Crippen LogP) is -0.746. The molecule has 0 aromatic carbocycles. The number of carbonyl (C=O) groups excluding carboxylic acids is 2. The SMILES string of the molecule is CC(C)NC(=O)NC(=O)CN1CCC(N)C1. The van der Waals surface area contributed by atoms with E-state index in [0.29, 0.717) is 0 Å². The summed E-state index contributed by atoms with van der Waals surface area (Å²) in [4.78, 5) is 24.6. The zero-order chi connectivity index (χ0) is 12.1. The van der Waals surface area contributed by atoms with Crippen LogP contribution in [0.1, 0.15) is 20.3 Å². The number of nitrogens with one attached hydrogen (secondary N) is 2. The molecule has 1 aliphatic heterocycles. The molecule has 1 saturated heterocycles. The molecule has 0 radical (unpaired) electrons. The number of urea groups is 1. The molecule has 0 aliphatic carbocycles. The van der Waals surface area contributed by atoms with Crippen LogP contribution in [0.25, 0.3) is 0 Å². The standard InChI is InChI=1S/C10H20N4O2/c1-7(2)12-10(16)13-9(15)6-14-4-3-8(11)5-14/h7-8H,3-6,11H2,1-2H3,(H2,12,13,15,16). The minimum atomic E-state index is -0.441. The van der Waals surface area contributed by atoms with Gasteiger partial charge >= 0.3 is 6.03 Å². The van der Waals surface area contributed by atoms with Crippen molar-refractivity contribution in [1.82, 2.24) is 15.5 Å². The van der Waals surface area contributed by atoms with Gasteiger partial charge in [0.15, 0.2) is 0 Å². The number of rotatable bonds is 3. The average molecular weight is 228 g/mol. The highest BCUT2D eigenvalue weighted by atomic mass is 16.2. The van der Waals surface area contributed by atoms with Crippen LogP contribution in [0, 0.1) is 0 Å². The molecule has 0 saturated carbocycles. The molecule has 6 heteroatoms. The fourth-order valence-corrected chi connectivity index (χ4v) is 1.67. The Morgan fingerprint density at radius 1 is 1.50 bits per heavy atom. The van der Waals surface area contributed by atoms with Crippen LogP contribution in [0.15, 0.2) is 0 Å². The van der Waals surface area contributed by atoms with Gasteiger partial charge in [-0.1, -0.05) is 0 Å². The monoisotopic (exact) mass is 228 g/mol. The van der Waals surface area contributed by atoms with Gasteiger partial charge in [0.2, 0.25) is 5.91 Å². The number of imide groups is 1. The van der Waals surface area contributed by atoms with E-state index in [1.807, 2.05) is 18.7 Å². The summed E-state index contributed by atoms with van der Waals surface area (Å²) in [7, 11) is 0. The van der Waals surface area contributed by atoms with Gasteiger partial charge in [-0.3, -0.25) is 15.0 Å². The van der Waals surface area contributed by atoms with Crippen LogP contribution in [-0.4, -0.2) is 48.6 Å². The first-order chi connectivity index (χ1) is 7.47. The van der Waals surface area contributed by atoms with Crippen LogP contribution < -0.4 is 16.4 Å². The Labute approximate surface area is 95.5 Å². The fraction of sp³-hybridized carbons (Fsp3) is 0.800. The van der Waals surface area contributed by atoms with Crippen molar-refractivity contribution in [2.75, 3.05) is 19.6 Å². The van der Waals surface area contributed by atoms with E-state index in [1.165, 1.54) is 0 Å². The zero-order valence-electron chi connectivity index (χ0n) is 9.82. The second-order valence-electron chi connectivity index (χ2n) is 4.46. The van der Waals surface area contributed by atoms with Crippen LogP contribution in [0.3, 0.4) is 0 Å². The van der Waals surface area contributed by atoms with Crippen molar-refractivity contribution in [3.05, 3.63) is 0 Å². The third kappa shape index (κ3) is 4.59. The van der Waals surface area contributed by atoms with E-state index in [4.69, 9.17) is 5.73 Å². The number of likely N-dealkylation sites (tertiary alicyclic amines) is 1. The number of hydrogen-bond donors (Lipinski definition) is 3. The largest absolute Gasteiger partial charge is 0.336 e. The lowest BCUT2D eigenvalue weighted by atomic mass is 10.3. The normalized spacial score (nSPS) is 21.1. The Kier molecular flexibility index (Phi) is 4.70. The quantitative estimate of drug-likeness (QED) is 0.593. The maximum atomic E-state index is 11.4. The van der Waals surface area contributed by atoms with Crippen molar-refractivity contribution in [2.45, 2.75) is 32.4 Å². The van der Waals surface area contributed by atoms with E-state index in [2.05, 4.69) is 10.6 Å². The number of nitrogens with two attached hydrogens (primary N) is 1. The Morgan fingerprint density at radius 3 is 2.69 bits per heavy atom. The molecule has 1 rings (SSSR count). The molecule has 6 nitrogen and oxygen atoms in total. The van der Waals surface area contributed by atoms with Gasteiger partial charge in [-0.15, -0.1) is 0 Å². The Morgan fingerprint density at radius 2 is 2.19 bits per heavy atom. The molecule has 0 aromatic heterocycles. The second-order valence-corrected chi connectivity index (χ2v) is 4.46. The number of hydrogen-bond acceptors (Lipinski definition) is 4. The van der Waals surface area contributed by atoms with E-state index in [-0.39, 0.29) is 24.5 Å². The number of carbonyl (C=O) groups is 2. The molecule has 1 unspecified atom stereocenters. The highest BCUT2D eigenvalue weighted by Gasteiger charge is 2.21. The summed E-state index contributed by atoms with van der Waals surface area (Å²) in [5.41, 5.74) is 5.72. The predicted molar refractivity (Wildman–Crippen MR) is 60.8 cm³/mol. The zero-order valence-corrected chi connectivity index (χ0v) is 9.82. The van der Waals surface area contributed by atoms with Crippen molar-refractivity contribution in [3.8, 4) is 0 Å². The van der Waals surface area contributed by atoms with Crippen molar-refractivity contribution in [2.24, 2.45) is 5.73 Å². The highest BCUT2D eigenvalue weighted by molar-refractivity contribution is 5.95. The summed E-state index contributed by atoms with van der Waals surface area (Å²) in [5.74, 6) is -0.285. The maximum absolute atomic E-state index is 11.4. The van der Waals surface area contributed by atoms with Crippen LogP contribution >= 0.6 is 0 Å². The maximum Gasteiger partial charge on any atom is 0.321 e. The van der Waals surface area contributed by atoms with Gasteiger partial charge in [-0.25, -0.2) is 4.79 Å². The molecule has 1 heterocycles. The molecule has 0 spiro atoms. The van der Waals surface area contributed by atoms with Crippen molar-refractivity contribution < 1.29 is 9.59 Å². The van der Waals surface area contributed by atoms with Gasteiger partial charge < -0.3 is 11.1 Å². The summed E-state index contributed by atoms with van der Waals surface area (Å²) in [5, 5.41) is 4.87. The summed E-state index contributed by atoms with van der Waals surface area (Å²) in [6, 6.07) is -0.270. The first-order valence-corrected chi connectivity index (χ1v) is 5.55. The summed E-state index contributed by atoms with van der Waals surface area (Å²) >= 11 is 0. The van der Waals surface area contributed by atoms with Crippen LogP contribution in [0.5, 0.6) is 0 Å². The minimum absolute atomic E-state index is 0.0213. The molecule has 1 aliphatic rings. The Balaban J connectivity index is 2.23. The summed E-state index contributed by atoms with van der Waals surface area (Å²) in [6.07, 6.45) is 0.908. The molecule has 16 heavy (non-hydrogen) atoms. The van der Waals surface area contributed by atoms with E-state index in [9.17, 15) is 9.59 Å². The third-order valence-electron chi connectivity index (χ3n) is 2.35. The van der Waals surface area contributed by atoms with Gasteiger partial charge in [0.05, 0.1) is 6.54 Å². The van der Waals surface area contributed by atoms with Crippen molar-refractivity contribution in [3.63, 3.8) is 0 Å². The third-order valence-corrected chi connectivity index (χ3v) is 2.35. The highest BCUT2D eigenvalue weighted by Crippen LogP contribution is 2.05. The molecule has 92 valence electrons. The van der Waals surface area contributed by atoms with E-state index in [0.717, 1.165) is 19.5 Å². The first kappa shape index (κ1) is 12.9. The topological polar surface area (TPSA) is 87.5 Å². The Bertz CT molecular complexity index is 268. The van der Waals surface area contributed by atoms with E-state index >= 15 is 0 Å². The molecule has 1 atom stereocenters. The lowest BCUT2D eigenvalue weighted by molar-refractivity contribution is -0.120. The summed E-state index contributed by atoms with van der Waals surface area (Å²) < 4.78 is 0. The van der Waals surface area contributed by atoms with Crippen LogP contribution in [-0.2, 0) is 4.79 Å². The minimum Gasteiger partial charge on any atom is -0.336 e.